The van der Waals surface area contributed by atoms with Gasteiger partial charge in [0.15, 0.2) is 5.11 Å². The van der Waals surface area contributed by atoms with Crippen LogP contribution in [0.4, 0.5) is 18.9 Å². The minimum absolute atomic E-state index is 0.0706. The van der Waals surface area contributed by atoms with E-state index >= 15 is 0 Å². The van der Waals surface area contributed by atoms with Crippen LogP contribution in [0.1, 0.15) is 26.7 Å². The molecule has 3 heterocycles. The summed E-state index contributed by atoms with van der Waals surface area (Å²) >= 11 is 5.55. The summed E-state index contributed by atoms with van der Waals surface area (Å²) in [6.45, 7) is 4.42. The van der Waals surface area contributed by atoms with E-state index in [1.54, 1.807) is 36.9 Å². The van der Waals surface area contributed by atoms with Crippen LogP contribution in [0.25, 0.3) is 0 Å². The molecule has 7 nitrogen and oxygen atoms in total. The number of carbonyl (C=O) groups is 1. The molecule has 0 spiro atoms. The van der Waals surface area contributed by atoms with Gasteiger partial charge in [0.2, 0.25) is 5.88 Å². The van der Waals surface area contributed by atoms with E-state index in [9.17, 15) is 18.0 Å². The molecule has 1 unspecified atom stereocenters. The van der Waals surface area contributed by atoms with Gasteiger partial charge in [-0.3, -0.25) is 9.69 Å². The molecule has 0 N–H and O–H groups in total. The van der Waals surface area contributed by atoms with E-state index in [1.165, 1.54) is 17.2 Å². The van der Waals surface area contributed by atoms with Gasteiger partial charge < -0.3 is 14.4 Å². The number of carbonyl (C=O) groups excluding carboxylic acids is 1. The van der Waals surface area contributed by atoms with Crippen molar-refractivity contribution in [3.63, 3.8) is 0 Å². The number of allylic oxidation sites excluding steroid dienone is 2. The van der Waals surface area contributed by atoms with Crippen molar-refractivity contribution in [1.29, 1.82) is 5.26 Å². The first-order chi connectivity index (χ1) is 15.5. The van der Waals surface area contributed by atoms with Crippen molar-refractivity contribution in [2.75, 3.05) is 18.1 Å². The Bertz CT molecular complexity index is 1070. The van der Waals surface area contributed by atoms with Gasteiger partial charge >= 0.3 is 6.18 Å². The van der Waals surface area contributed by atoms with Crippen molar-refractivity contribution in [2.24, 2.45) is 0 Å². The Kier molecular flexibility index (Phi) is 5.92. The van der Waals surface area contributed by atoms with Crippen molar-refractivity contribution in [3.05, 3.63) is 41.6 Å². The normalized spacial score (nSPS) is 25.1. The average Bonchev–Trinajstić information content (AvgIpc) is 3.33. The topological polar surface area (TPSA) is 78.7 Å². The summed E-state index contributed by atoms with van der Waals surface area (Å²) in [5.74, 6) is -0.0351. The Morgan fingerprint density at radius 2 is 2.12 bits per heavy atom. The lowest BCUT2D eigenvalue weighted by molar-refractivity contribution is -0.131. The maximum atomic E-state index is 13.5. The van der Waals surface area contributed by atoms with Crippen molar-refractivity contribution >= 4 is 28.9 Å². The fourth-order valence-corrected chi connectivity index (χ4v) is 4.70. The Morgan fingerprint density at radius 1 is 1.36 bits per heavy atom. The molecule has 1 aliphatic carbocycles. The highest BCUT2D eigenvalue weighted by Gasteiger charge is 2.53. The molecule has 174 valence electrons. The Balaban J connectivity index is 1.58. The van der Waals surface area contributed by atoms with Gasteiger partial charge in [0, 0.05) is 18.9 Å². The summed E-state index contributed by atoms with van der Waals surface area (Å²) in [5, 5.41) is 9.14. The number of hydrogen-bond donors (Lipinski definition) is 0. The molecule has 0 aromatic carbocycles. The first-order valence-corrected chi connectivity index (χ1v) is 10.7. The quantitative estimate of drug-likeness (QED) is 0.611. The van der Waals surface area contributed by atoms with E-state index in [1.807, 2.05) is 0 Å². The smallest absolute Gasteiger partial charge is 0.414 e. The van der Waals surface area contributed by atoms with E-state index in [0.29, 0.717) is 24.8 Å². The number of nitriles is 1. The van der Waals surface area contributed by atoms with Crippen LogP contribution in [0.3, 0.4) is 0 Å². The van der Waals surface area contributed by atoms with Crippen LogP contribution in [0.5, 0.6) is 5.88 Å². The second-order valence-electron chi connectivity index (χ2n) is 8.44. The van der Waals surface area contributed by atoms with Crippen LogP contribution in [-0.2, 0) is 9.53 Å². The lowest BCUT2D eigenvalue weighted by Crippen LogP contribution is -2.45. The number of pyridine rings is 1. The van der Waals surface area contributed by atoms with Gasteiger partial charge in [0.05, 0.1) is 48.4 Å². The molecule has 2 fully saturated rings. The second kappa shape index (κ2) is 8.43. The maximum absolute atomic E-state index is 13.5. The zero-order valence-electron chi connectivity index (χ0n) is 17.9. The maximum Gasteiger partial charge on any atom is 0.414 e. The fourth-order valence-electron chi connectivity index (χ4n) is 4.15. The van der Waals surface area contributed by atoms with Gasteiger partial charge in [-0.15, -0.1) is 0 Å². The van der Waals surface area contributed by atoms with Gasteiger partial charge in [0.25, 0.3) is 5.91 Å². The summed E-state index contributed by atoms with van der Waals surface area (Å²) in [6.07, 6.45) is -0.504. The van der Waals surface area contributed by atoms with Gasteiger partial charge in [-0.25, -0.2) is 4.98 Å². The standard InChI is InChI=1S/C22H21F3N4O3S/c1-21(2)19(30)28(14-4-3-13(10-26)17(9-14)22(23,24)25)20(33)29(21)15-5-6-18(27-11-15)32-16-7-8-31-12-16/h3-6,11,14,16H,7-9,12H2,1-2H3/t14?,16-/m1/s1. The van der Waals surface area contributed by atoms with Gasteiger partial charge in [-0.2, -0.15) is 18.4 Å². The van der Waals surface area contributed by atoms with Crippen molar-refractivity contribution in [2.45, 2.75) is 50.6 Å². The van der Waals surface area contributed by atoms with Crippen molar-refractivity contribution in [3.8, 4) is 11.9 Å². The molecule has 3 aliphatic rings. The number of thiocarbonyl (C=S) groups is 1. The highest BCUT2D eigenvalue weighted by atomic mass is 32.1. The summed E-state index contributed by atoms with van der Waals surface area (Å²) in [6, 6.07) is 3.98. The predicted molar refractivity (Wildman–Crippen MR) is 116 cm³/mol. The molecule has 0 radical (unpaired) electrons. The van der Waals surface area contributed by atoms with Gasteiger partial charge in [0.1, 0.15) is 11.6 Å². The highest BCUT2D eigenvalue weighted by Crippen LogP contribution is 2.40. The number of aromatic nitrogens is 1. The minimum atomic E-state index is -4.68. The zero-order valence-corrected chi connectivity index (χ0v) is 18.7. The lowest BCUT2D eigenvalue weighted by Gasteiger charge is -2.30. The van der Waals surface area contributed by atoms with Crippen LogP contribution in [0.15, 0.2) is 41.6 Å². The Hall–Kier alpha value is -2.97. The average molecular weight is 478 g/mol. The number of hydrogen-bond acceptors (Lipinski definition) is 6. The van der Waals surface area contributed by atoms with E-state index < -0.39 is 41.2 Å². The van der Waals surface area contributed by atoms with Crippen LogP contribution in [-0.4, -0.2) is 58.0 Å². The largest absolute Gasteiger partial charge is 0.472 e. The number of amides is 1. The van der Waals surface area contributed by atoms with Crippen LogP contribution < -0.4 is 9.64 Å². The minimum Gasteiger partial charge on any atom is -0.472 e. The van der Waals surface area contributed by atoms with E-state index in [4.69, 9.17) is 27.0 Å². The first-order valence-electron chi connectivity index (χ1n) is 10.3. The van der Waals surface area contributed by atoms with E-state index in [0.717, 1.165) is 12.5 Å². The monoisotopic (exact) mass is 478 g/mol. The Labute approximate surface area is 194 Å². The molecule has 1 aromatic heterocycles. The number of alkyl halides is 3. The first kappa shape index (κ1) is 23.2. The number of anilines is 1. The third kappa shape index (κ3) is 4.20. The SMILES string of the molecule is CC1(C)C(=O)N(C2C=CC(C#N)=C(C(F)(F)F)C2)C(=S)N1c1ccc(O[C@@H]2CCOC2)nc1. The molecule has 0 bridgehead atoms. The number of nitrogens with zero attached hydrogens (tertiary/aromatic N) is 4. The Morgan fingerprint density at radius 3 is 2.70 bits per heavy atom. The molecule has 0 saturated carbocycles. The molecule has 1 aromatic rings. The summed E-state index contributed by atoms with van der Waals surface area (Å²) in [5.41, 5.74) is -2.06. The fraction of sp³-hybridized carbons (Fsp3) is 0.455. The third-order valence-electron chi connectivity index (χ3n) is 5.87. The lowest BCUT2D eigenvalue weighted by atomic mass is 9.93. The molecule has 2 saturated heterocycles. The van der Waals surface area contributed by atoms with Gasteiger partial charge in [-0.05, 0) is 38.2 Å². The molecule has 2 atom stereocenters. The number of halogens is 3. The summed E-state index contributed by atoms with van der Waals surface area (Å²) in [7, 11) is 0. The van der Waals surface area contributed by atoms with Crippen molar-refractivity contribution < 1.29 is 27.4 Å². The molecule has 2 aliphatic heterocycles. The van der Waals surface area contributed by atoms with Crippen LogP contribution in [0.2, 0.25) is 0 Å². The number of rotatable bonds is 4. The molecular formula is C22H21F3N4O3S. The molecule has 4 rings (SSSR count). The second-order valence-corrected chi connectivity index (χ2v) is 8.81. The summed E-state index contributed by atoms with van der Waals surface area (Å²) in [4.78, 5) is 20.3. The van der Waals surface area contributed by atoms with Gasteiger partial charge in [-0.1, -0.05) is 6.08 Å². The van der Waals surface area contributed by atoms with E-state index in [2.05, 4.69) is 4.98 Å². The molecule has 1 amide bonds. The van der Waals surface area contributed by atoms with Crippen molar-refractivity contribution in [1.82, 2.24) is 9.88 Å². The van der Waals surface area contributed by atoms with Crippen LogP contribution >= 0.6 is 12.2 Å². The highest BCUT2D eigenvalue weighted by molar-refractivity contribution is 7.80. The van der Waals surface area contributed by atoms with Crippen LogP contribution in [0, 0.1) is 11.3 Å². The number of ether oxygens (including phenoxy) is 2. The third-order valence-corrected chi connectivity index (χ3v) is 6.25. The zero-order chi connectivity index (χ0) is 24.0. The molecule has 11 heteroatoms. The summed E-state index contributed by atoms with van der Waals surface area (Å²) < 4.78 is 51.5. The molecular weight excluding hydrogens is 457 g/mol. The molecule has 33 heavy (non-hydrogen) atoms. The predicted octanol–water partition coefficient (Wildman–Crippen LogP) is 3.67. The van der Waals surface area contributed by atoms with E-state index in [-0.39, 0.29) is 11.2 Å².